The van der Waals surface area contributed by atoms with Gasteiger partial charge in [-0.25, -0.2) is 4.79 Å². The highest BCUT2D eigenvalue weighted by atomic mass is 16.5. The first-order valence-corrected chi connectivity index (χ1v) is 12.3. The largest absolute Gasteiger partial charge is 0.487 e. The Hall–Kier alpha value is -4.43. The lowest BCUT2D eigenvalue weighted by Gasteiger charge is -2.47. The van der Waals surface area contributed by atoms with Gasteiger partial charge in [0.1, 0.15) is 24.2 Å². The summed E-state index contributed by atoms with van der Waals surface area (Å²) in [6, 6.07) is 25.5. The van der Waals surface area contributed by atoms with Crippen LogP contribution in [0.25, 0.3) is 0 Å². The van der Waals surface area contributed by atoms with Gasteiger partial charge < -0.3 is 19.7 Å². The molecule has 194 valence electrons. The van der Waals surface area contributed by atoms with E-state index in [9.17, 15) is 19.8 Å². The zero-order valence-corrected chi connectivity index (χ0v) is 20.8. The van der Waals surface area contributed by atoms with E-state index < -0.39 is 35.5 Å². The van der Waals surface area contributed by atoms with Gasteiger partial charge in [-0.2, -0.15) is 5.10 Å². The third-order valence-corrected chi connectivity index (χ3v) is 7.07. The molecule has 2 aliphatic heterocycles. The Bertz CT molecular complexity index is 1370. The van der Waals surface area contributed by atoms with Crippen molar-refractivity contribution in [3.05, 3.63) is 114 Å². The third-order valence-electron chi connectivity index (χ3n) is 7.07. The van der Waals surface area contributed by atoms with E-state index in [0.717, 1.165) is 11.1 Å². The normalized spacial score (nSPS) is 23.9. The van der Waals surface area contributed by atoms with E-state index >= 15 is 0 Å². The van der Waals surface area contributed by atoms with Crippen LogP contribution in [-0.2, 0) is 20.7 Å². The molecule has 2 aliphatic rings. The number of esters is 1. The summed E-state index contributed by atoms with van der Waals surface area (Å²) in [7, 11) is 1.30. The zero-order valence-electron chi connectivity index (χ0n) is 20.8. The molecule has 0 amide bonds. The molecule has 2 heterocycles. The number of aliphatic hydroxyl groups excluding tert-OH is 1. The number of hydrazone groups is 1. The number of benzene rings is 3. The summed E-state index contributed by atoms with van der Waals surface area (Å²) in [4.78, 5) is 25.0. The number of rotatable bonds is 8. The van der Waals surface area contributed by atoms with Gasteiger partial charge in [-0.3, -0.25) is 9.80 Å². The number of carbonyl (C=O) groups excluding carboxylic acids is 1. The summed E-state index contributed by atoms with van der Waals surface area (Å²) in [5.74, 6) is -1.79. The van der Waals surface area contributed by atoms with Crippen molar-refractivity contribution in [2.45, 2.75) is 30.0 Å². The van der Waals surface area contributed by atoms with Crippen LogP contribution in [0.15, 0.2) is 102 Å². The molecule has 2 N–H and O–H groups in total. The SMILES string of the molecule is COC(=O)C12C(O)C(COc3ccccc3CC(=O)O)=NN1C(c1ccccc1)C=CC2c1ccccc1. The fraction of sp³-hybridized carbons (Fsp3) is 0.233. The molecule has 3 aromatic carbocycles. The van der Waals surface area contributed by atoms with Crippen LogP contribution in [0.4, 0.5) is 0 Å². The Balaban J connectivity index is 1.58. The summed E-state index contributed by atoms with van der Waals surface area (Å²) in [5.41, 5.74) is 0.887. The maximum absolute atomic E-state index is 13.7. The van der Waals surface area contributed by atoms with E-state index in [1.54, 1.807) is 29.3 Å². The molecule has 8 nitrogen and oxygen atoms in total. The van der Waals surface area contributed by atoms with Gasteiger partial charge in [0, 0.05) is 11.5 Å². The number of hydrogen-bond donors (Lipinski definition) is 2. The number of nitrogens with zero attached hydrogens (tertiary/aromatic N) is 2. The van der Waals surface area contributed by atoms with Crippen molar-refractivity contribution in [1.29, 1.82) is 0 Å². The summed E-state index contributed by atoms with van der Waals surface area (Å²) in [6.45, 7) is -0.143. The minimum absolute atomic E-state index is 0.143. The molecule has 4 unspecified atom stereocenters. The van der Waals surface area contributed by atoms with Crippen LogP contribution in [0, 0.1) is 0 Å². The summed E-state index contributed by atoms with van der Waals surface area (Å²) in [5, 5.41) is 27.5. The number of hydrogen-bond acceptors (Lipinski definition) is 7. The average molecular weight is 513 g/mol. The minimum Gasteiger partial charge on any atom is -0.487 e. The van der Waals surface area contributed by atoms with Gasteiger partial charge in [0.15, 0.2) is 5.54 Å². The maximum Gasteiger partial charge on any atom is 0.337 e. The van der Waals surface area contributed by atoms with Gasteiger partial charge in [-0.15, -0.1) is 0 Å². The summed E-state index contributed by atoms with van der Waals surface area (Å²) >= 11 is 0. The molecule has 0 radical (unpaired) electrons. The lowest BCUT2D eigenvalue weighted by Crippen LogP contribution is -2.64. The highest BCUT2D eigenvalue weighted by Gasteiger charge is 2.64. The molecule has 0 bridgehead atoms. The third kappa shape index (κ3) is 4.33. The number of aliphatic carboxylic acids is 1. The number of carbonyl (C=O) groups is 2. The topological polar surface area (TPSA) is 109 Å². The van der Waals surface area contributed by atoms with Crippen molar-refractivity contribution in [2.75, 3.05) is 13.7 Å². The van der Waals surface area contributed by atoms with E-state index in [4.69, 9.17) is 14.6 Å². The lowest BCUT2D eigenvalue weighted by atomic mass is 9.71. The first-order valence-electron chi connectivity index (χ1n) is 12.3. The Kier molecular flexibility index (Phi) is 6.98. The second-order valence-corrected chi connectivity index (χ2v) is 9.25. The number of carboxylic acid groups (broad SMARTS) is 1. The molecular weight excluding hydrogens is 484 g/mol. The van der Waals surface area contributed by atoms with E-state index in [-0.39, 0.29) is 18.7 Å². The Morgan fingerprint density at radius 1 is 0.921 bits per heavy atom. The number of carboxylic acids is 1. The Morgan fingerprint density at radius 2 is 1.55 bits per heavy atom. The van der Waals surface area contributed by atoms with Crippen molar-refractivity contribution in [3.8, 4) is 5.75 Å². The predicted octanol–water partition coefficient (Wildman–Crippen LogP) is 3.73. The minimum atomic E-state index is -1.58. The van der Waals surface area contributed by atoms with Crippen LogP contribution in [-0.4, -0.2) is 58.2 Å². The molecule has 3 aromatic rings. The molecular formula is C30H28N2O6. The van der Waals surface area contributed by atoms with Crippen molar-refractivity contribution in [2.24, 2.45) is 5.10 Å². The number of fused-ring (bicyclic) bond motifs is 1. The van der Waals surface area contributed by atoms with Crippen LogP contribution in [0.5, 0.6) is 5.75 Å². The van der Waals surface area contributed by atoms with E-state index in [1.165, 1.54) is 7.11 Å². The smallest absolute Gasteiger partial charge is 0.337 e. The number of aliphatic hydroxyl groups is 1. The Labute approximate surface area is 220 Å². The van der Waals surface area contributed by atoms with Crippen LogP contribution in [0.2, 0.25) is 0 Å². The fourth-order valence-electron chi connectivity index (χ4n) is 5.34. The lowest BCUT2D eigenvalue weighted by molar-refractivity contribution is -0.163. The van der Waals surface area contributed by atoms with E-state index in [2.05, 4.69) is 0 Å². The predicted molar refractivity (Wildman–Crippen MR) is 141 cm³/mol. The first kappa shape index (κ1) is 25.2. The molecule has 0 aliphatic carbocycles. The quantitative estimate of drug-likeness (QED) is 0.350. The average Bonchev–Trinajstić information content (AvgIpc) is 3.25. The van der Waals surface area contributed by atoms with Crippen molar-refractivity contribution in [3.63, 3.8) is 0 Å². The van der Waals surface area contributed by atoms with Gasteiger partial charge in [-0.1, -0.05) is 91.0 Å². The van der Waals surface area contributed by atoms with Crippen LogP contribution in [0.1, 0.15) is 28.7 Å². The highest BCUT2D eigenvalue weighted by molar-refractivity contribution is 6.01. The summed E-state index contributed by atoms with van der Waals surface area (Å²) in [6.07, 6.45) is 2.35. The van der Waals surface area contributed by atoms with Crippen molar-refractivity contribution < 1.29 is 29.3 Å². The van der Waals surface area contributed by atoms with Gasteiger partial charge in [0.25, 0.3) is 0 Å². The molecule has 4 atom stereocenters. The second-order valence-electron chi connectivity index (χ2n) is 9.25. The van der Waals surface area contributed by atoms with Crippen LogP contribution >= 0.6 is 0 Å². The van der Waals surface area contributed by atoms with Gasteiger partial charge in [-0.05, 0) is 17.2 Å². The first-order chi connectivity index (χ1) is 18.5. The Morgan fingerprint density at radius 3 is 2.21 bits per heavy atom. The van der Waals surface area contributed by atoms with Crippen LogP contribution in [0.3, 0.4) is 0 Å². The molecule has 0 saturated heterocycles. The fourth-order valence-corrected chi connectivity index (χ4v) is 5.34. The maximum atomic E-state index is 13.7. The molecule has 8 heteroatoms. The summed E-state index contributed by atoms with van der Waals surface area (Å²) < 4.78 is 11.3. The number of para-hydroxylation sites is 1. The highest BCUT2D eigenvalue weighted by Crippen LogP contribution is 2.50. The number of ether oxygens (including phenoxy) is 2. The van der Waals surface area contributed by atoms with E-state index in [1.807, 2.05) is 72.8 Å². The van der Waals surface area contributed by atoms with Crippen molar-refractivity contribution >= 4 is 17.7 Å². The molecule has 0 saturated carbocycles. The zero-order chi connectivity index (χ0) is 26.7. The molecule has 5 rings (SSSR count). The van der Waals surface area contributed by atoms with E-state index in [0.29, 0.717) is 11.3 Å². The standard InChI is InChI=1S/C30H28N2O6/c1-37-29(36)30-23(20-10-4-2-5-11-20)16-17-25(21-12-6-3-7-13-21)32(30)31-24(28(30)35)19-38-26-15-9-8-14-22(26)18-27(33)34/h2-17,23,25,28,35H,18-19H2,1H3,(H,33,34). The monoisotopic (exact) mass is 512 g/mol. The molecule has 38 heavy (non-hydrogen) atoms. The van der Waals surface area contributed by atoms with Gasteiger partial charge >= 0.3 is 11.9 Å². The second kappa shape index (κ2) is 10.5. The molecule has 0 fully saturated rings. The van der Waals surface area contributed by atoms with Crippen molar-refractivity contribution in [1.82, 2.24) is 5.01 Å². The molecule has 0 aromatic heterocycles. The van der Waals surface area contributed by atoms with Gasteiger partial charge in [0.05, 0.1) is 19.6 Å². The van der Waals surface area contributed by atoms with Gasteiger partial charge in [0.2, 0.25) is 0 Å². The number of methoxy groups -OCH3 is 1. The van der Waals surface area contributed by atoms with Crippen LogP contribution < -0.4 is 4.74 Å². The molecule has 0 spiro atoms.